The van der Waals surface area contributed by atoms with Crippen molar-refractivity contribution >= 4 is 11.8 Å². The fourth-order valence-corrected chi connectivity index (χ4v) is 3.10. The molecule has 0 aliphatic heterocycles. The lowest BCUT2D eigenvalue weighted by Gasteiger charge is -2.17. The highest BCUT2D eigenvalue weighted by atomic mass is 32.2. The Balaban J connectivity index is 2.03. The zero-order valence-corrected chi connectivity index (χ0v) is 9.99. The van der Waals surface area contributed by atoms with Gasteiger partial charge < -0.3 is 5.32 Å². The molecule has 0 radical (unpaired) electrons. The molecule has 1 aliphatic carbocycles. The second-order valence-electron chi connectivity index (χ2n) is 4.39. The minimum Gasteiger partial charge on any atom is -0.313 e. The van der Waals surface area contributed by atoms with Crippen molar-refractivity contribution in [3.05, 3.63) is 0 Å². The van der Waals surface area contributed by atoms with Crippen LogP contribution in [0.1, 0.15) is 46.5 Å². The normalized spacial score (nSPS) is 21.2. The number of nitrogens with one attached hydrogen (secondary N) is 1. The van der Waals surface area contributed by atoms with E-state index in [2.05, 4.69) is 37.8 Å². The predicted molar refractivity (Wildman–Crippen MR) is 62.4 cm³/mol. The summed E-state index contributed by atoms with van der Waals surface area (Å²) >= 11 is 2.08. The van der Waals surface area contributed by atoms with Crippen LogP contribution in [0.5, 0.6) is 0 Å². The third-order valence-electron chi connectivity index (χ3n) is 2.55. The van der Waals surface area contributed by atoms with Crippen molar-refractivity contribution in [2.75, 3.05) is 6.54 Å². The highest BCUT2D eigenvalue weighted by Crippen LogP contribution is 2.19. The summed E-state index contributed by atoms with van der Waals surface area (Å²) in [6, 6.07) is 0.829. The average Bonchev–Trinajstić information content (AvgIpc) is 2.51. The third-order valence-corrected chi connectivity index (χ3v) is 3.73. The molecule has 1 atom stereocenters. The van der Waals surface area contributed by atoms with Crippen molar-refractivity contribution in [2.24, 2.45) is 0 Å². The van der Waals surface area contributed by atoms with Gasteiger partial charge in [0.1, 0.15) is 0 Å². The van der Waals surface area contributed by atoms with Gasteiger partial charge in [-0.15, -0.1) is 0 Å². The van der Waals surface area contributed by atoms with Crippen molar-refractivity contribution in [3.8, 4) is 0 Å². The van der Waals surface area contributed by atoms with Crippen LogP contribution in [0, 0.1) is 0 Å². The monoisotopic (exact) mass is 201 g/mol. The van der Waals surface area contributed by atoms with Crippen LogP contribution in [-0.2, 0) is 0 Å². The first-order valence-corrected chi connectivity index (χ1v) is 6.51. The fraction of sp³-hybridized carbons (Fsp3) is 1.00. The lowest BCUT2D eigenvalue weighted by molar-refractivity contribution is 0.527. The molecule has 0 aromatic heterocycles. The Morgan fingerprint density at radius 2 is 1.85 bits per heavy atom. The SMILES string of the molecule is CC(C)SC(C)CNC1CCCC1. The van der Waals surface area contributed by atoms with Crippen LogP contribution in [0.3, 0.4) is 0 Å². The van der Waals surface area contributed by atoms with E-state index in [-0.39, 0.29) is 0 Å². The number of hydrogen-bond donors (Lipinski definition) is 1. The molecule has 1 aliphatic rings. The van der Waals surface area contributed by atoms with E-state index in [0.717, 1.165) is 16.5 Å². The van der Waals surface area contributed by atoms with E-state index in [1.807, 2.05) is 0 Å². The van der Waals surface area contributed by atoms with Gasteiger partial charge >= 0.3 is 0 Å². The van der Waals surface area contributed by atoms with Crippen LogP contribution in [0.4, 0.5) is 0 Å². The number of hydrogen-bond acceptors (Lipinski definition) is 2. The molecular weight excluding hydrogens is 178 g/mol. The number of rotatable bonds is 5. The van der Waals surface area contributed by atoms with Gasteiger partial charge in [-0.05, 0) is 18.1 Å². The Hall–Kier alpha value is 0.310. The molecule has 0 heterocycles. The van der Waals surface area contributed by atoms with Crippen LogP contribution in [0.2, 0.25) is 0 Å². The van der Waals surface area contributed by atoms with Crippen LogP contribution in [0.15, 0.2) is 0 Å². The molecule has 0 aromatic rings. The van der Waals surface area contributed by atoms with Crippen LogP contribution in [0.25, 0.3) is 0 Å². The van der Waals surface area contributed by atoms with Crippen molar-refractivity contribution < 1.29 is 0 Å². The Kier molecular flexibility index (Phi) is 5.18. The molecule has 0 aromatic carbocycles. The van der Waals surface area contributed by atoms with Gasteiger partial charge in [0, 0.05) is 17.8 Å². The highest BCUT2D eigenvalue weighted by molar-refractivity contribution is 8.00. The number of thioether (sulfide) groups is 1. The second-order valence-corrected chi connectivity index (χ2v) is 6.40. The van der Waals surface area contributed by atoms with Gasteiger partial charge in [-0.2, -0.15) is 11.8 Å². The maximum absolute atomic E-state index is 3.67. The van der Waals surface area contributed by atoms with Crippen LogP contribution < -0.4 is 5.32 Å². The first-order valence-electron chi connectivity index (χ1n) is 5.57. The Morgan fingerprint density at radius 3 is 2.38 bits per heavy atom. The van der Waals surface area contributed by atoms with Gasteiger partial charge in [-0.3, -0.25) is 0 Å². The topological polar surface area (TPSA) is 12.0 Å². The summed E-state index contributed by atoms with van der Waals surface area (Å²) in [6.07, 6.45) is 5.67. The van der Waals surface area contributed by atoms with Gasteiger partial charge in [0.2, 0.25) is 0 Å². The lowest BCUT2D eigenvalue weighted by Crippen LogP contribution is -2.31. The van der Waals surface area contributed by atoms with Crippen molar-refractivity contribution in [1.82, 2.24) is 5.32 Å². The van der Waals surface area contributed by atoms with Crippen molar-refractivity contribution in [2.45, 2.75) is 63.0 Å². The van der Waals surface area contributed by atoms with E-state index in [0.29, 0.717) is 0 Å². The second kappa shape index (κ2) is 5.92. The minimum atomic E-state index is 0.764. The Bertz CT molecular complexity index is 130. The highest BCUT2D eigenvalue weighted by Gasteiger charge is 2.15. The van der Waals surface area contributed by atoms with E-state index in [4.69, 9.17) is 0 Å². The molecule has 13 heavy (non-hydrogen) atoms. The molecule has 1 rings (SSSR count). The maximum atomic E-state index is 3.67. The van der Waals surface area contributed by atoms with Crippen LogP contribution >= 0.6 is 11.8 Å². The van der Waals surface area contributed by atoms with E-state index in [1.54, 1.807) is 0 Å². The molecule has 1 nitrogen and oxygen atoms in total. The molecule has 1 N–H and O–H groups in total. The average molecular weight is 201 g/mol. The molecule has 1 unspecified atom stereocenters. The zero-order valence-electron chi connectivity index (χ0n) is 9.18. The fourth-order valence-electron chi connectivity index (χ4n) is 1.98. The molecule has 0 spiro atoms. The molecular formula is C11H23NS. The van der Waals surface area contributed by atoms with Crippen LogP contribution in [-0.4, -0.2) is 23.1 Å². The molecule has 0 bridgehead atoms. The van der Waals surface area contributed by atoms with Gasteiger partial charge in [0.25, 0.3) is 0 Å². The quantitative estimate of drug-likeness (QED) is 0.734. The van der Waals surface area contributed by atoms with E-state index in [1.165, 1.54) is 32.2 Å². The van der Waals surface area contributed by atoms with E-state index < -0.39 is 0 Å². The predicted octanol–water partition coefficient (Wildman–Crippen LogP) is 3.05. The molecule has 2 heteroatoms. The Morgan fingerprint density at radius 1 is 1.23 bits per heavy atom. The van der Waals surface area contributed by atoms with Gasteiger partial charge in [-0.25, -0.2) is 0 Å². The third kappa shape index (κ3) is 4.92. The smallest absolute Gasteiger partial charge is 0.0146 e. The maximum Gasteiger partial charge on any atom is 0.0146 e. The first-order chi connectivity index (χ1) is 6.18. The summed E-state index contributed by atoms with van der Waals surface area (Å²) in [7, 11) is 0. The molecule has 0 saturated heterocycles. The van der Waals surface area contributed by atoms with Gasteiger partial charge in [-0.1, -0.05) is 33.6 Å². The van der Waals surface area contributed by atoms with E-state index >= 15 is 0 Å². The van der Waals surface area contributed by atoms with Crippen molar-refractivity contribution in [3.63, 3.8) is 0 Å². The Labute approximate surface area is 87.1 Å². The first kappa shape index (κ1) is 11.4. The molecule has 0 amide bonds. The lowest BCUT2D eigenvalue weighted by atomic mass is 10.2. The van der Waals surface area contributed by atoms with Gasteiger partial charge in [0.15, 0.2) is 0 Å². The summed E-state index contributed by atoms with van der Waals surface area (Å²) in [5.41, 5.74) is 0. The molecule has 1 fully saturated rings. The summed E-state index contributed by atoms with van der Waals surface area (Å²) in [6.45, 7) is 8.06. The summed E-state index contributed by atoms with van der Waals surface area (Å²) in [5.74, 6) is 0. The van der Waals surface area contributed by atoms with Gasteiger partial charge in [0.05, 0.1) is 0 Å². The molecule has 1 saturated carbocycles. The summed E-state index contributed by atoms with van der Waals surface area (Å²) < 4.78 is 0. The van der Waals surface area contributed by atoms with E-state index in [9.17, 15) is 0 Å². The summed E-state index contributed by atoms with van der Waals surface area (Å²) in [4.78, 5) is 0. The summed E-state index contributed by atoms with van der Waals surface area (Å²) in [5, 5.41) is 5.19. The minimum absolute atomic E-state index is 0.764. The standard InChI is InChI=1S/C11H23NS/c1-9(2)13-10(3)8-12-11-6-4-5-7-11/h9-12H,4-8H2,1-3H3. The largest absolute Gasteiger partial charge is 0.313 e. The zero-order chi connectivity index (χ0) is 9.68. The van der Waals surface area contributed by atoms with Crippen molar-refractivity contribution in [1.29, 1.82) is 0 Å². The molecule has 78 valence electrons.